The minimum absolute atomic E-state index is 0.585. The Bertz CT molecular complexity index is 470. The van der Waals surface area contributed by atoms with Gasteiger partial charge >= 0.3 is 0 Å². The standard InChI is InChI=1S/C12H16N4/c1-9-14-10(2)16(15-9)8-12-5-3-11(7-13)4-6-12/h3-6H,7-8,13H2,1-2H3. The fourth-order valence-electron chi connectivity index (χ4n) is 1.66. The molecule has 0 atom stereocenters. The first-order chi connectivity index (χ1) is 7.69. The van der Waals surface area contributed by atoms with Gasteiger partial charge in [0.25, 0.3) is 0 Å². The van der Waals surface area contributed by atoms with E-state index in [1.807, 2.05) is 18.5 Å². The summed E-state index contributed by atoms with van der Waals surface area (Å²) in [5, 5.41) is 4.33. The molecule has 1 heterocycles. The highest BCUT2D eigenvalue weighted by Gasteiger charge is 2.02. The van der Waals surface area contributed by atoms with E-state index >= 15 is 0 Å². The number of rotatable bonds is 3. The van der Waals surface area contributed by atoms with Crippen molar-refractivity contribution in [3.63, 3.8) is 0 Å². The van der Waals surface area contributed by atoms with Crippen molar-refractivity contribution < 1.29 is 0 Å². The van der Waals surface area contributed by atoms with Gasteiger partial charge in [0.15, 0.2) is 0 Å². The van der Waals surface area contributed by atoms with Crippen LogP contribution < -0.4 is 5.73 Å². The summed E-state index contributed by atoms with van der Waals surface area (Å²) in [7, 11) is 0. The quantitative estimate of drug-likeness (QED) is 0.843. The first-order valence-electron chi connectivity index (χ1n) is 5.35. The van der Waals surface area contributed by atoms with E-state index in [9.17, 15) is 0 Å². The van der Waals surface area contributed by atoms with Crippen LogP contribution in [0.2, 0.25) is 0 Å². The van der Waals surface area contributed by atoms with Crippen LogP contribution >= 0.6 is 0 Å². The highest BCUT2D eigenvalue weighted by molar-refractivity contribution is 5.22. The third-order valence-electron chi connectivity index (χ3n) is 2.55. The van der Waals surface area contributed by atoms with Crippen LogP contribution in [0.5, 0.6) is 0 Å². The number of hydrogen-bond donors (Lipinski definition) is 1. The third kappa shape index (κ3) is 2.28. The average molecular weight is 216 g/mol. The van der Waals surface area contributed by atoms with Crippen LogP contribution in [0.25, 0.3) is 0 Å². The van der Waals surface area contributed by atoms with E-state index in [2.05, 4.69) is 34.3 Å². The van der Waals surface area contributed by atoms with Gasteiger partial charge in [0.05, 0.1) is 6.54 Å². The third-order valence-corrected chi connectivity index (χ3v) is 2.55. The van der Waals surface area contributed by atoms with E-state index in [1.54, 1.807) is 0 Å². The van der Waals surface area contributed by atoms with Crippen LogP contribution in [0.15, 0.2) is 24.3 Å². The number of hydrogen-bond acceptors (Lipinski definition) is 3. The Balaban J connectivity index is 2.17. The number of nitrogens with two attached hydrogens (primary N) is 1. The molecule has 0 aliphatic carbocycles. The normalized spacial score (nSPS) is 10.7. The maximum atomic E-state index is 5.55. The molecule has 2 aromatic rings. The van der Waals surface area contributed by atoms with Crippen LogP contribution in [0.3, 0.4) is 0 Å². The summed E-state index contributed by atoms with van der Waals surface area (Å²) in [6.45, 7) is 5.22. The Morgan fingerprint density at radius 3 is 2.25 bits per heavy atom. The lowest BCUT2D eigenvalue weighted by molar-refractivity contribution is 0.656. The monoisotopic (exact) mass is 216 g/mol. The topological polar surface area (TPSA) is 56.7 Å². The van der Waals surface area contributed by atoms with Gasteiger partial charge in [-0.1, -0.05) is 24.3 Å². The SMILES string of the molecule is Cc1nc(C)n(Cc2ccc(CN)cc2)n1. The highest BCUT2D eigenvalue weighted by Crippen LogP contribution is 2.07. The summed E-state index contributed by atoms with van der Waals surface area (Å²) in [4.78, 5) is 4.27. The molecule has 1 aromatic heterocycles. The summed E-state index contributed by atoms with van der Waals surface area (Å²) < 4.78 is 1.91. The maximum absolute atomic E-state index is 5.55. The minimum atomic E-state index is 0.585. The lowest BCUT2D eigenvalue weighted by Gasteiger charge is -2.04. The smallest absolute Gasteiger partial charge is 0.147 e. The second-order valence-electron chi connectivity index (χ2n) is 3.88. The molecule has 0 unspecified atom stereocenters. The molecule has 16 heavy (non-hydrogen) atoms. The molecule has 0 saturated heterocycles. The van der Waals surface area contributed by atoms with Gasteiger partial charge in [0, 0.05) is 6.54 Å². The molecular weight excluding hydrogens is 200 g/mol. The predicted octanol–water partition coefficient (Wildman–Crippen LogP) is 1.40. The van der Waals surface area contributed by atoms with Crippen LogP contribution in [-0.4, -0.2) is 14.8 Å². The predicted molar refractivity (Wildman–Crippen MR) is 62.9 cm³/mol. The average Bonchev–Trinajstić information content (AvgIpc) is 2.59. The molecule has 0 bridgehead atoms. The fraction of sp³-hybridized carbons (Fsp3) is 0.333. The van der Waals surface area contributed by atoms with Gasteiger partial charge in [-0.3, -0.25) is 0 Å². The summed E-state index contributed by atoms with van der Waals surface area (Å²) in [6.07, 6.45) is 0. The van der Waals surface area contributed by atoms with Crippen LogP contribution in [0.1, 0.15) is 22.8 Å². The van der Waals surface area contributed by atoms with Crippen molar-refractivity contribution in [1.29, 1.82) is 0 Å². The zero-order valence-corrected chi connectivity index (χ0v) is 9.64. The van der Waals surface area contributed by atoms with Gasteiger partial charge in [-0.15, -0.1) is 0 Å². The lowest BCUT2D eigenvalue weighted by Crippen LogP contribution is -2.04. The molecule has 0 aliphatic heterocycles. The molecule has 2 rings (SSSR count). The first kappa shape index (κ1) is 10.8. The van der Waals surface area contributed by atoms with E-state index in [1.165, 1.54) is 5.56 Å². The molecule has 4 heteroatoms. The van der Waals surface area contributed by atoms with Gasteiger partial charge in [-0.05, 0) is 25.0 Å². The molecule has 0 amide bonds. The Labute approximate surface area is 95.1 Å². The fourth-order valence-corrected chi connectivity index (χ4v) is 1.66. The van der Waals surface area contributed by atoms with Crippen molar-refractivity contribution in [1.82, 2.24) is 14.8 Å². The van der Waals surface area contributed by atoms with E-state index in [0.717, 1.165) is 23.8 Å². The zero-order chi connectivity index (χ0) is 11.5. The van der Waals surface area contributed by atoms with Crippen molar-refractivity contribution >= 4 is 0 Å². The molecule has 84 valence electrons. The van der Waals surface area contributed by atoms with Gasteiger partial charge in [0.1, 0.15) is 11.6 Å². The molecule has 0 fully saturated rings. The van der Waals surface area contributed by atoms with E-state index in [0.29, 0.717) is 6.54 Å². The Morgan fingerprint density at radius 2 is 1.75 bits per heavy atom. The number of nitrogens with zero attached hydrogens (tertiary/aromatic N) is 3. The molecular formula is C12H16N4. The Kier molecular flexibility index (Phi) is 3.01. The highest BCUT2D eigenvalue weighted by atomic mass is 15.3. The van der Waals surface area contributed by atoms with Crippen molar-refractivity contribution in [2.24, 2.45) is 5.73 Å². The number of aryl methyl sites for hydroxylation is 2. The van der Waals surface area contributed by atoms with E-state index < -0.39 is 0 Å². The molecule has 0 saturated carbocycles. The van der Waals surface area contributed by atoms with E-state index in [4.69, 9.17) is 5.73 Å². The van der Waals surface area contributed by atoms with Gasteiger partial charge in [-0.25, -0.2) is 9.67 Å². The van der Waals surface area contributed by atoms with Gasteiger partial charge in [-0.2, -0.15) is 5.10 Å². The molecule has 0 radical (unpaired) electrons. The lowest BCUT2D eigenvalue weighted by atomic mass is 10.1. The Morgan fingerprint density at radius 1 is 1.12 bits per heavy atom. The molecule has 0 spiro atoms. The number of aromatic nitrogens is 3. The molecule has 4 nitrogen and oxygen atoms in total. The maximum Gasteiger partial charge on any atom is 0.147 e. The largest absolute Gasteiger partial charge is 0.326 e. The number of benzene rings is 1. The van der Waals surface area contributed by atoms with Gasteiger partial charge in [0.2, 0.25) is 0 Å². The van der Waals surface area contributed by atoms with Crippen molar-refractivity contribution in [2.75, 3.05) is 0 Å². The van der Waals surface area contributed by atoms with Crippen molar-refractivity contribution in [2.45, 2.75) is 26.9 Å². The van der Waals surface area contributed by atoms with Crippen LogP contribution in [0, 0.1) is 13.8 Å². The molecule has 2 N–H and O–H groups in total. The van der Waals surface area contributed by atoms with Gasteiger partial charge < -0.3 is 5.73 Å². The van der Waals surface area contributed by atoms with Crippen LogP contribution in [-0.2, 0) is 13.1 Å². The van der Waals surface area contributed by atoms with E-state index in [-0.39, 0.29) is 0 Å². The van der Waals surface area contributed by atoms with Crippen molar-refractivity contribution in [3.05, 3.63) is 47.0 Å². The molecule has 0 aliphatic rings. The summed E-state index contributed by atoms with van der Waals surface area (Å²) in [5.41, 5.74) is 7.91. The second-order valence-corrected chi connectivity index (χ2v) is 3.88. The van der Waals surface area contributed by atoms with Crippen molar-refractivity contribution in [3.8, 4) is 0 Å². The zero-order valence-electron chi connectivity index (χ0n) is 9.64. The minimum Gasteiger partial charge on any atom is -0.326 e. The Hall–Kier alpha value is -1.68. The van der Waals surface area contributed by atoms with Crippen LogP contribution in [0.4, 0.5) is 0 Å². The summed E-state index contributed by atoms with van der Waals surface area (Å²) >= 11 is 0. The molecule has 1 aromatic carbocycles. The second kappa shape index (κ2) is 4.45. The summed E-state index contributed by atoms with van der Waals surface area (Å²) in [6, 6.07) is 8.26. The first-order valence-corrected chi connectivity index (χ1v) is 5.35. The summed E-state index contributed by atoms with van der Waals surface area (Å²) in [5.74, 6) is 1.76.